The SMILES string of the molecule is CCC(C)CN(C)C(=O)c1sc2ncccc2c1N. The average Bonchev–Trinajstić information content (AvgIpc) is 2.75. The van der Waals surface area contributed by atoms with E-state index < -0.39 is 0 Å². The molecule has 0 aliphatic carbocycles. The second-order valence-electron chi connectivity index (χ2n) is 4.90. The quantitative estimate of drug-likeness (QED) is 0.934. The molecular formula is C14H19N3OS. The van der Waals surface area contributed by atoms with Gasteiger partial charge in [-0.2, -0.15) is 0 Å². The van der Waals surface area contributed by atoms with Gasteiger partial charge in [-0.3, -0.25) is 4.79 Å². The van der Waals surface area contributed by atoms with E-state index in [9.17, 15) is 4.79 Å². The Balaban J connectivity index is 2.28. The molecule has 0 spiro atoms. The number of pyridine rings is 1. The van der Waals surface area contributed by atoms with Crippen molar-refractivity contribution in [3.8, 4) is 0 Å². The van der Waals surface area contributed by atoms with E-state index in [1.165, 1.54) is 11.3 Å². The molecule has 2 aromatic rings. The molecule has 0 bridgehead atoms. The van der Waals surface area contributed by atoms with Gasteiger partial charge in [-0.05, 0) is 18.1 Å². The van der Waals surface area contributed by atoms with Crippen molar-refractivity contribution in [3.05, 3.63) is 23.2 Å². The highest BCUT2D eigenvalue weighted by atomic mass is 32.1. The van der Waals surface area contributed by atoms with E-state index in [4.69, 9.17) is 5.73 Å². The Kier molecular flexibility index (Phi) is 4.04. The van der Waals surface area contributed by atoms with Crippen LogP contribution in [0.3, 0.4) is 0 Å². The van der Waals surface area contributed by atoms with Gasteiger partial charge < -0.3 is 10.6 Å². The Bertz CT molecular complexity index is 593. The first kappa shape index (κ1) is 13.8. The van der Waals surface area contributed by atoms with Gasteiger partial charge >= 0.3 is 0 Å². The summed E-state index contributed by atoms with van der Waals surface area (Å²) in [4.78, 5) is 19.8. The molecular weight excluding hydrogens is 258 g/mol. The van der Waals surface area contributed by atoms with Crippen molar-refractivity contribution in [2.45, 2.75) is 20.3 Å². The molecule has 0 fully saturated rings. The minimum absolute atomic E-state index is 0.0131. The maximum absolute atomic E-state index is 12.4. The van der Waals surface area contributed by atoms with Gasteiger partial charge in [0.1, 0.15) is 9.71 Å². The summed E-state index contributed by atoms with van der Waals surface area (Å²) in [7, 11) is 1.83. The molecule has 0 aromatic carbocycles. The van der Waals surface area contributed by atoms with Gasteiger partial charge in [0.25, 0.3) is 5.91 Å². The van der Waals surface area contributed by atoms with Crippen LogP contribution in [-0.4, -0.2) is 29.4 Å². The minimum atomic E-state index is -0.0131. The number of nitrogen functional groups attached to an aromatic ring is 1. The molecule has 2 aromatic heterocycles. The number of rotatable bonds is 4. The third-order valence-electron chi connectivity index (χ3n) is 3.33. The number of carbonyl (C=O) groups excluding carboxylic acids is 1. The van der Waals surface area contributed by atoms with Gasteiger partial charge in [0.05, 0.1) is 5.69 Å². The monoisotopic (exact) mass is 277 g/mol. The largest absolute Gasteiger partial charge is 0.397 e. The third-order valence-corrected chi connectivity index (χ3v) is 4.45. The van der Waals surface area contributed by atoms with E-state index in [0.29, 0.717) is 16.5 Å². The molecule has 0 aliphatic rings. The fourth-order valence-electron chi connectivity index (χ4n) is 1.96. The van der Waals surface area contributed by atoms with Crippen LogP contribution in [0, 0.1) is 5.92 Å². The summed E-state index contributed by atoms with van der Waals surface area (Å²) >= 11 is 1.37. The van der Waals surface area contributed by atoms with E-state index in [-0.39, 0.29) is 5.91 Å². The van der Waals surface area contributed by atoms with Crippen LogP contribution in [-0.2, 0) is 0 Å². The number of anilines is 1. The number of fused-ring (bicyclic) bond motifs is 1. The predicted octanol–water partition coefficient (Wildman–Crippen LogP) is 3.00. The second kappa shape index (κ2) is 5.57. The number of carbonyl (C=O) groups is 1. The first-order valence-corrected chi connectivity index (χ1v) is 7.24. The molecule has 102 valence electrons. The summed E-state index contributed by atoms with van der Waals surface area (Å²) in [6.07, 6.45) is 2.77. The summed E-state index contributed by atoms with van der Waals surface area (Å²) in [5.41, 5.74) is 6.61. The van der Waals surface area contributed by atoms with E-state index in [0.717, 1.165) is 23.2 Å². The van der Waals surface area contributed by atoms with Gasteiger partial charge in [0.15, 0.2) is 0 Å². The van der Waals surface area contributed by atoms with Crippen molar-refractivity contribution >= 4 is 33.1 Å². The molecule has 1 amide bonds. The van der Waals surface area contributed by atoms with Crippen LogP contribution in [0.5, 0.6) is 0 Å². The fraction of sp³-hybridized carbons (Fsp3) is 0.429. The Morgan fingerprint density at radius 3 is 2.95 bits per heavy atom. The normalized spacial score (nSPS) is 12.6. The van der Waals surface area contributed by atoms with Gasteiger partial charge in [-0.15, -0.1) is 11.3 Å². The zero-order valence-electron chi connectivity index (χ0n) is 11.5. The molecule has 5 heteroatoms. The molecule has 0 saturated heterocycles. The Hall–Kier alpha value is -1.62. The second-order valence-corrected chi connectivity index (χ2v) is 5.90. The molecule has 0 radical (unpaired) electrons. The van der Waals surface area contributed by atoms with Crippen molar-refractivity contribution in [2.75, 3.05) is 19.3 Å². The molecule has 2 N–H and O–H groups in total. The highest BCUT2D eigenvalue weighted by Crippen LogP contribution is 2.32. The van der Waals surface area contributed by atoms with Crippen molar-refractivity contribution in [1.82, 2.24) is 9.88 Å². The van der Waals surface area contributed by atoms with Crippen molar-refractivity contribution in [1.29, 1.82) is 0 Å². The number of amides is 1. The maximum atomic E-state index is 12.4. The number of aromatic nitrogens is 1. The summed E-state index contributed by atoms with van der Waals surface area (Å²) < 4.78 is 0. The van der Waals surface area contributed by atoms with Crippen LogP contribution in [0.15, 0.2) is 18.3 Å². The molecule has 1 atom stereocenters. The zero-order valence-corrected chi connectivity index (χ0v) is 12.3. The zero-order chi connectivity index (χ0) is 14.0. The number of hydrogen-bond donors (Lipinski definition) is 1. The molecule has 2 heterocycles. The lowest BCUT2D eigenvalue weighted by atomic mass is 10.1. The highest BCUT2D eigenvalue weighted by molar-refractivity contribution is 7.21. The summed E-state index contributed by atoms with van der Waals surface area (Å²) in [5.74, 6) is 0.475. The third kappa shape index (κ3) is 2.71. The fourth-order valence-corrected chi connectivity index (χ4v) is 3.02. The minimum Gasteiger partial charge on any atom is -0.397 e. The molecule has 4 nitrogen and oxygen atoms in total. The van der Waals surface area contributed by atoms with Crippen molar-refractivity contribution < 1.29 is 4.79 Å². The lowest BCUT2D eigenvalue weighted by Crippen LogP contribution is -2.30. The first-order valence-electron chi connectivity index (χ1n) is 6.43. The summed E-state index contributed by atoms with van der Waals surface area (Å²) in [6, 6.07) is 3.74. The van der Waals surface area contributed by atoms with Crippen LogP contribution >= 0.6 is 11.3 Å². The molecule has 0 aliphatic heterocycles. The van der Waals surface area contributed by atoms with E-state index >= 15 is 0 Å². The van der Waals surface area contributed by atoms with Gasteiger partial charge in [0, 0.05) is 25.2 Å². The first-order chi connectivity index (χ1) is 9.04. The van der Waals surface area contributed by atoms with E-state index in [2.05, 4.69) is 18.8 Å². The van der Waals surface area contributed by atoms with Gasteiger partial charge in [-0.25, -0.2) is 4.98 Å². The Labute approximate surface area is 117 Å². The molecule has 1 unspecified atom stereocenters. The lowest BCUT2D eigenvalue weighted by Gasteiger charge is -2.20. The maximum Gasteiger partial charge on any atom is 0.265 e. The average molecular weight is 277 g/mol. The smallest absolute Gasteiger partial charge is 0.265 e. The molecule has 19 heavy (non-hydrogen) atoms. The predicted molar refractivity (Wildman–Crippen MR) is 80.4 cm³/mol. The van der Waals surface area contributed by atoms with Crippen LogP contribution in [0.4, 0.5) is 5.69 Å². The van der Waals surface area contributed by atoms with Crippen molar-refractivity contribution in [2.24, 2.45) is 5.92 Å². The number of thiophene rings is 1. The highest BCUT2D eigenvalue weighted by Gasteiger charge is 2.20. The van der Waals surface area contributed by atoms with Crippen LogP contribution in [0.25, 0.3) is 10.2 Å². The van der Waals surface area contributed by atoms with E-state index in [1.807, 2.05) is 19.2 Å². The van der Waals surface area contributed by atoms with Crippen molar-refractivity contribution in [3.63, 3.8) is 0 Å². The van der Waals surface area contributed by atoms with Gasteiger partial charge in [-0.1, -0.05) is 20.3 Å². The summed E-state index contributed by atoms with van der Waals surface area (Å²) in [6.45, 7) is 5.01. The van der Waals surface area contributed by atoms with Crippen LogP contribution in [0.1, 0.15) is 29.9 Å². The topological polar surface area (TPSA) is 59.2 Å². The Morgan fingerprint density at radius 2 is 2.32 bits per heavy atom. The summed E-state index contributed by atoms with van der Waals surface area (Å²) in [5, 5.41) is 0.868. The van der Waals surface area contributed by atoms with Crippen LogP contribution in [0.2, 0.25) is 0 Å². The number of nitrogens with zero attached hydrogens (tertiary/aromatic N) is 2. The number of nitrogens with two attached hydrogens (primary N) is 1. The standard InChI is InChI=1S/C14H19N3OS/c1-4-9(2)8-17(3)14(18)12-11(15)10-6-5-7-16-13(10)19-12/h5-7,9H,4,8,15H2,1-3H3. The molecule has 0 saturated carbocycles. The lowest BCUT2D eigenvalue weighted by molar-refractivity contribution is 0.0780. The van der Waals surface area contributed by atoms with Gasteiger partial charge in [0.2, 0.25) is 0 Å². The van der Waals surface area contributed by atoms with Crippen LogP contribution < -0.4 is 5.73 Å². The molecule has 2 rings (SSSR count). The van der Waals surface area contributed by atoms with E-state index in [1.54, 1.807) is 11.1 Å². The Morgan fingerprint density at radius 1 is 1.58 bits per heavy atom. The number of hydrogen-bond acceptors (Lipinski definition) is 4.